The smallest absolute Gasteiger partial charge is 0.306 e. The zero-order valence-corrected chi connectivity index (χ0v) is 56.9. The van der Waals surface area contributed by atoms with E-state index < -0.39 is 26.6 Å². The van der Waals surface area contributed by atoms with Crippen molar-refractivity contribution in [2.75, 3.05) is 40.9 Å². The van der Waals surface area contributed by atoms with Gasteiger partial charge in [0.15, 0.2) is 0 Å². The molecule has 3 unspecified atom stereocenters. The summed E-state index contributed by atoms with van der Waals surface area (Å²) in [5, 5.41) is 3.03. The SMILES string of the molecule is CC/C=C\C/C=C\C/C=C\C/C=C\C/C=C\C/C=C\CCCCCCCCCCC(=O)NC(COP(=O)([O-])OCC[N+](C)(C)C)C(/C=C\CCCCCCCCCCC)OC(=O)CCCCCCCCCCCCC/C=C\C/C=C\CCCCC. The highest BCUT2D eigenvalue weighted by molar-refractivity contribution is 7.45. The summed E-state index contributed by atoms with van der Waals surface area (Å²) in [6, 6.07) is -0.901. The molecular weight excluding hydrogens is 1070 g/mol. The maximum atomic E-state index is 13.6. The number of hydrogen-bond acceptors (Lipinski definition) is 7. The van der Waals surface area contributed by atoms with E-state index in [9.17, 15) is 19.0 Å². The first-order valence-corrected chi connectivity index (χ1v) is 36.7. The molecule has 3 atom stereocenters. The minimum atomic E-state index is -4.71. The molecule has 1 N–H and O–H groups in total. The molecule has 490 valence electrons. The molecule has 0 spiro atoms. The molecule has 0 heterocycles. The zero-order valence-electron chi connectivity index (χ0n) is 56.0. The fraction of sp³-hybridized carbons (Fsp3) is 0.733. The first-order chi connectivity index (χ1) is 41.4. The lowest BCUT2D eigenvalue weighted by Gasteiger charge is -2.30. The maximum absolute atomic E-state index is 13.6. The van der Waals surface area contributed by atoms with Crippen LogP contribution in [0.2, 0.25) is 0 Å². The van der Waals surface area contributed by atoms with Crippen LogP contribution in [0.4, 0.5) is 0 Å². The Morgan fingerprint density at radius 3 is 1.15 bits per heavy atom. The van der Waals surface area contributed by atoms with E-state index >= 15 is 0 Å². The van der Waals surface area contributed by atoms with E-state index in [-0.39, 0.29) is 24.9 Å². The molecule has 0 bridgehead atoms. The van der Waals surface area contributed by atoms with Gasteiger partial charge in [0.1, 0.15) is 19.3 Å². The standard InChI is InChI=1S/C75H133N2O7P/c1-7-10-13-16-19-22-25-27-29-31-33-35-36-37-38-39-40-42-43-45-47-49-52-55-58-61-64-67-74(78)76-72(71-83-85(80,81)82-70-69-77(4,5)6)73(66-63-60-57-54-51-24-21-18-15-12-9-3)84-75(79)68-65-62-59-56-53-50-48-46-44-41-34-32-30-28-26-23-20-17-14-11-8-2/h10,13,19-20,22-23,27-30,33,35,37-38,40,42,63,66,72-73H,7-9,11-12,14-18,21,24-26,31-32,34,36,39,41,43-62,64-65,67-71H2,1-6H3,(H-,76,78,80,81)/b13-10-,22-19-,23-20-,29-27-,30-28-,35-33-,38-37-,42-40-,66-63-. The van der Waals surface area contributed by atoms with Crippen LogP contribution < -0.4 is 10.2 Å². The van der Waals surface area contributed by atoms with Crippen LogP contribution in [-0.4, -0.2) is 69.4 Å². The number of ether oxygens (including phenoxy) is 1. The summed E-state index contributed by atoms with van der Waals surface area (Å²) < 4.78 is 30.4. The van der Waals surface area contributed by atoms with Gasteiger partial charge < -0.3 is 28.5 Å². The van der Waals surface area contributed by atoms with Gasteiger partial charge in [0.05, 0.1) is 33.8 Å². The van der Waals surface area contributed by atoms with E-state index in [4.69, 9.17) is 13.8 Å². The van der Waals surface area contributed by atoms with Gasteiger partial charge in [-0.25, -0.2) is 0 Å². The van der Waals surface area contributed by atoms with Crippen LogP contribution in [0.15, 0.2) is 109 Å². The molecule has 0 fully saturated rings. The Hall–Kier alpha value is -3.33. The number of phosphoric acid groups is 1. The minimum Gasteiger partial charge on any atom is -0.756 e. The second-order valence-corrected chi connectivity index (χ2v) is 26.1. The fourth-order valence-corrected chi connectivity index (χ4v) is 10.5. The lowest BCUT2D eigenvalue weighted by atomic mass is 10.0. The van der Waals surface area contributed by atoms with Crippen molar-refractivity contribution in [2.45, 2.75) is 315 Å². The Bertz CT molecular complexity index is 1820. The molecule has 10 heteroatoms. The molecule has 0 aliphatic rings. The fourth-order valence-electron chi connectivity index (χ4n) is 9.79. The van der Waals surface area contributed by atoms with Gasteiger partial charge in [0.25, 0.3) is 7.82 Å². The highest BCUT2D eigenvalue weighted by Crippen LogP contribution is 2.38. The van der Waals surface area contributed by atoms with E-state index in [0.717, 1.165) is 116 Å². The molecule has 0 saturated carbocycles. The Morgan fingerprint density at radius 1 is 0.424 bits per heavy atom. The number of esters is 1. The van der Waals surface area contributed by atoms with E-state index in [1.54, 1.807) is 0 Å². The van der Waals surface area contributed by atoms with E-state index in [1.165, 1.54) is 154 Å². The Kier molecular flexibility index (Phi) is 61.2. The van der Waals surface area contributed by atoms with Gasteiger partial charge in [-0.1, -0.05) is 285 Å². The van der Waals surface area contributed by atoms with Crippen LogP contribution in [0.1, 0.15) is 303 Å². The van der Waals surface area contributed by atoms with Crippen LogP contribution >= 0.6 is 7.82 Å². The third kappa shape index (κ3) is 65.0. The molecule has 0 rings (SSSR count). The summed E-state index contributed by atoms with van der Waals surface area (Å²) in [5.41, 5.74) is 0. The van der Waals surface area contributed by atoms with Crippen molar-refractivity contribution < 1.29 is 37.3 Å². The summed E-state index contributed by atoms with van der Waals surface area (Å²) in [5.74, 6) is -0.553. The monoisotopic (exact) mass is 1200 g/mol. The first-order valence-electron chi connectivity index (χ1n) is 35.2. The summed E-state index contributed by atoms with van der Waals surface area (Å²) >= 11 is 0. The first kappa shape index (κ1) is 81.7. The van der Waals surface area contributed by atoms with Crippen molar-refractivity contribution in [1.29, 1.82) is 0 Å². The molecule has 1 amide bonds. The van der Waals surface area contributed by atoms with Crippen molar-refractivity contribution in [1.82, 2.24) is 5.32 Å². The predicted octanol–water partition coefficient (Wildman–Crippen LogP) is 21.8. The second kappa shape index (κ2) is 63.7. The van der Waals surface area contributed by atoms with E-state index in [2.05, 4.69) is 123 Å². The molecule has 0 aromatic rings. The van der Waals surface area contributed by atoms with Gasteiger partial charge in [-0.3, -0.25) is 14.2 Å². The Labute approximate surface area is 525 Å². The van der Waals surface area contributed by atoms with Crippen molar-refractivity contribution in [3.63, 3.8) is 0 Å². The number of likely N-dealkylation sites (N-methyl/N-ethyl adjacent to an activating group) is 1. The lowest BCUT2D eigenvalue weighted by Crippen LogP contribution is -2.47. The normalized spacial score (nSPS) is 14.2. The van der Waals surface area contributed by atoms with Gasteiger partial charge in [-0.05, 0) is 115 Å². The number of carbonyl (C=O) groups excluding carboxylic acids is 2. The largest absolute Gasteiger partial charge is 0.756 e. The highest BCUT2D eigenvalue weighted by Gasteiger charge is 2.27. The van der Waals surface area contributed by atoms with Gasteiger partial charge in [-0.15, -0.1) is 0 Å². The van der Waals surface area contributed by atoms with Crippen LogP contribution in [0, 0.1) is 0 Å². The van der Waals surface area contributed by atoms with E-state index in [1.807, 2.05) is 33.3 Å². The minimum absolute atomic E-state index is 0.0288. The lowest BCUT2D eigenvalue weighted by molar-refractivity contribution is -0.870. The van der Waals surface area contributed by atoms with Crippen molar-refractivity contribution in [3.8, 4) is 0 Å². The third-order valence-corrected chi connectivity index (χ3v) is 16.2. The van der Waals surface area contributed by atoms with E-state index in [0.29, 0.717) is 17.4 Å². The topological polar surface area (TPSA) is 114 Å². The maximum Gasteiger partial charge on any atom is 0.306 e. The summed E-state index contributed by atoms with van der Waals surface area (Å²) in [6.45, 7) is 6.71. The number of carbonyl (C=O) groups is 2. The van der Waals surface area contributed by atoms with Gasteiger partial charge >= 0.3 is 5.97 Å². The van der Waals surface area contributed by atoms with Gasteiger partial charge in [0, 0.05) is 12.8 Å². The number of quaternary nitrogens is 1. The molecule has 0 aliphatic carbocycles. The molecule has 85 heavy (non-hydrogen) atoms. The highest BCUT2D eigenvalue weighted by atomic mass is 31.2. The molecule has 0 saturated heterocycles. The zero-order chi connectivity index (χ0) is 62.1. The van der Waals surface area contributed by atoms with Gasteiger partial charge in [-0.2, -0.15) is 0 Å². The van der Waals surface area contributed by atoms with Crippen LogP contribution in [0.5, 0.6) is 0 Å². The molecule has 0 aliphatic heterocycles. The number of allylic oxidation sites excluding steroid dienone is 17. The molecule has 0 aromatic heterocycles. The number of rotatable bonds is 63. The molecule has 9 nitrogen and oxygen atoms in total. The quantitative estimate of drug-likeness (QED) is 0.0212. The van der Waals surface area contributed by atoms with Gasteiger partial charge in [0.2, 0.25) is 5.91 Å². The number of phosphoric ester groups is 1. The third-order valence-electron chi connectivity index (χ3n) is 15.2. The predicted molar refractivity (Wildman–Crippen MR) is 367 cm³/mol. The average molecular weight is 1210 g/mol. The number of amides is 1. The summed E-state index contributed by atoms with van der Waals surface area (Å²) in [4.78, 5) is 40.2. The number of nitrogens with one attached hydrogen (secondary N) is 1. The molecule has 0 radical (unpaired) electrons. The van der Waals surface area contributed by atoms with Crippen LogP contribution in [0.3, 0.4) is 0 Å². The summed E-state index contributed by atoms with van der Waals surface area (Å²) in [6.07, 6.45) is 87.8. The van der Waals surface area contributed by atoms with Crippen molar-refractivity contribution >= 4 is 19.7 Å². The molecule has 0 aromatic carbocycles. The van der Waals surface area contributed by atoms with Crippen molar-refractivity contribution in [3.05, 3.63) is 109 Å². The van der Waals surface area contributed by atoms with Crippen LogP contribution in [0.25, 0.3) is 0 Å². The average Bonchev–Trinajstić information content (AvgIpc) is 3.64. The second-order valence-electron chi connectivity index (χ2n) is 24.6. The number of nitrogens with zero attached hydrogens (tertiary/aromatic N) is 1. The number of unbranched alkanes of at least 4 members (excludes halogenated alkanes) is 31. The van der Waals surface area contributed by atoms with Crippen LogP contribution in [-0.2, 0) is 27.9 Å². The number of hydrogen-bond donors (Lipinski definition) is 1. The molecular formula is C75H133N2O7P. The Balaban J connectivity index is 5.06. The van der Waals surface area contributed by atoms with Crippen molar-refractivity contribution in [2.24, 2.45) is 0 Å². The summed E-state index contributed by atoms with van der Waals surface area (Å²) in [7, 11) is 1.17. The Morgan fingerprint density at radius 2 is 0.753 bits per heavy atom.